The van der Waals surface area contributed by atoms with E-state index < -0.39 is 0 Å². The van der Waals surface area contributed by atoms with Gasteiger partial charge in [0.15, 0.2) is 5.58 Å². The second kappa shape index (κ2) is 10.6. The molecule has 1 aromatic heterocycles. The van der Waals surface area contributed by atoms with Gasteiger partial charge in [-0.15, -0.1) is 0 Å². The Kier molecular flexibility index (Phi) is 5.91. The van der Waals surface area contributed by atoms with Crippen molar-refractivity contribution in [2.24, 2.45) is 0 Å². The molecular weight excluding hydrogens is 583 g/mol. The third-order valence-electron chi connectivity index (χ3n) is 9.77. The van der Waals surface area contributed by atoms with E-state index in [0.717, 1.165) is 44.6 Å². The first-order valence-corrected chi connectivity index (χ1v) is 16.4. The minimum Gasteiger partial charge on any atom is -0.454 e. The predicted molar refractivity (Wildman–Crippen MR) is 204 cm³/mol. The highest BCUT2D eigenvalue weighted by Crippen LogP contribution is 2.47. The van der Waals surface area contributed by atoms with Crippen molar-refractivity contribution in [1.82, 2.24) is 0 Å². The van der Waals surface area contributed by atoms with Crippen molar-refractivity contribution in [2.75, 3.05) is 4.90 Å². The van der Waals surface area contributed by atoms with E-state index in [4.69, 9.17) is 4.42 Å². The zero-order chi connectivity index (χ0) is 31.6. The summed E-state index contributed by atoms with van der Waals surface area (Å²) in [7, 11) is 0. The lowest BCUT2D eigenvalue weighted by atomic mass is 9.96. The number of hydrogen-bond donors (Lipinski definition) is 0. The first-order chi connectivity index (χ1) is 23.8. The molecule has 224 valence electrons. The summed E-state index contributed by atoms with van der Waals surface area (Å²) in [5.74, 6) is 0. The lowest BCUT2D eigenvalue weighted by Gasteiger charge is -2.27. The van der Waals surface area contributed by atoms with Crippen molar-refractivity contribution < 1.29 is 4.42 Å². The van der Waals surface area contributed by atoms with Crippen LogP contribution in [0.1, 0.15) is 0 Å². The van der Waals surface area contributed by atoms with Gasteiger partial charge in [0.25, 0.3) is 0 Å². The Hall–Kier alpha value is -6.38. The summed E-state index contributed by atoms with van der Waals surface area (Å²) in [5, 5.41) is 12.1. The Morgan fingerprint density at radius 2 is 0.958 bits per heavy atom. The Morgan fingerprint density at radius 1 is 0.354 bits per heavy atom. The molecule has 0 aliphatic rings. The largest absolute Gasteiger partial charge is 0.454 e. The zero-order valence-corrected chi connectivity index (χ0v) is 26.1. The van der Waals surface area contributed by atoms with Gasteiger partial charge >= 0.3 is 0 Å². The maximum Gasteiger partial charge on any atom is 0.160 e. The molecule has 1 heterocycles. The molecule has 48 heavy (non-hydrogen) atoms. The Labute approximate surface area is 277 Å². The molecule has 0 saturated heterocycles. The van der Waals surface area contributed by atoms with Crippen LogP contribution in [-0.2, 0) is 0 Å². The molecule has 0 saturated carbocycles. The fraction of sp³-hybridized carbons (Fsp3) is 0. The van der Waals surface area contributed by atoms with Gasteiger partial charge in [-0.3, -0.25) is 0 Å². The molecule has 0 N–H and O–H groups in total. The van der Waals surface area contributed by atoms with Crippen LogP contribution in [0.2, 0.25) is 0 Å². The summed E-state index contributed by atoms with van der Waals surface area (Å²) in [6, 6.07) is 63.3. The minimum absolute atomic E-state index is 0.879. The van der Waals surface area contributed by atoms with Crippen LogP contribution in [0.4, 0.5) is 17.1 Å². The molecule has 0 unspecified atom stereocenters. The number of benzene rings is 9. The molecule has 10 aromatic rings. The average Bonchev–Trinajstić information content (AvgIpc) is 3.55. The van der Waals surface area contributed by atoms with Crippen molar-refractivity contribution in [2.45, 2.75) is 0 Å². The summed E-state index contributed by atoms with van der Waals surface area (Å²) in [5.41, 5.74) is 7.27. The number of fused-ring (bicyclic) bond motifs is 10. The number of rotatable bonds is 4. The quantitative estimate of drug-likeness (QED) is 0.184. The number of nitrogens with zero attached hydrogens (tertiary/aromatic N) is 1. The summed E-state index contributed by atoms with van der Waals surface area (Å²) < 4.78 is 6.78. The minimum atomic E-state index is 0.879. The van der Waals surface area contributed by atoms with Gasteiger partial charge in [0.1, 0.15) is 5.58 Å². The van der Waals surface area contributed by atoms with Crippen LogP contribution in [-0.4, -0.2) is 0 Å². The third-order valence-corrected chi connectivity index (χ3v) is 9.77. The molecule has 0 bridgehead atoms. The second-order valence-electron chi connectivity index (χ2n) is 12.5. The number of anilines is 3. The zero-order valence-electron chi connectivity index (χ0n) is 26.1. The molecular formula is C46H29NO. The maximum atomic E-state index is 6.78. The van der Waals surface area contributed by atoms with E-state index in [1.807, 2.05) is 6.07 Å². The van der Waals surface area contributed by atoms with Gasteiger partial charge in [-0.05, 0) is 90.6 Å². The van der Waals surface area contributed by atoms with E-state index in [2.05, 4.69) is 175 Å². The van der Waals surface area contributed by atoms with E-state index in [-0.39, 0.29) is 0 Å². The van der Waals surface area contributed by atoms with Gasteiger partial charge in [0.05, 0.1) is 5.69 Å². The maximum absolute atomic E-state index is 6.78. The molecule has 0 spiro atoms. The lowest BCUT2D eigenvalue weighted by Crippen LogP contribution is -2.10. The SMILES string of the molecule is c1ccc(-c2cccc(N(c3ccc4c(ccc5ccc6ccccc6c54)c3)c3cc4ccccc4c4c3oc3ccccc34)c2)cc1. The standard InChI is InChI=1S/C46H29NO/c1-2-11-30(12-3-1)33-15-10-16-36(27-33)47(42-29-34-14-5-7-18-39(34)45-41-19-8-9-20-43(41)48-46(42)45)37-25-26-40-35(28-37)24-23-32-22-21-31-13-4-6-17-38(31)44(32)40/h1-29H. The van der Waals surface area contributed by atoms with E-state index in [1.165, 1.54) is 48.7 Å². The summed E-state index contributed by atoms with van der Waals surface area (Å²) in [6.45, 7) is 0. The van der Waals surface area contributed by atoms with Crippen molar-refractivity contribution in [3.05, 3.63) is 176 Å². The summed E-state index contributed by atoms with van der Waals surface area (Å²) in [6.07, 6.45) is 0. The Morgan fingerprint density at radius 3 is 1.81 bits per heavy atom. The van der Waals surface area contributed by atoms with Crippen LogP contribution >= 0.6 is 0 Å². The lowest BCUT2D eigenvalue weighted by molar-refractivity contribution is 0.669. The molecule has 0 aliphatic carbocycles. The molecule has 0 aliphatic heterocycles. The van der Waals surface area contributed by atoms with Gasteiger partial charge in [0.2, 0.25) is 0 Å². The third kappa shape index (κ3) is 4.13. The van der Waals surface area contributed by atoms with Crippen LogP contribution in [0, 0.1) is 0 Å². The van der Waals surface area contributed by atoms with Crippen molar-refractivity contribution in [3.63, 3.8) is 0 Å². The van der Waals surface area contributed by atoms with E-state index in [9.17, 15) is 0 Å². The number of para-hydroxylation sites is 1. The molecule has 0 atom stereocenters. The Bertz CT molecular complexity index is 2850. The van der Waals surface area contributed by atoms with Gasteiger partial charge in [-0.2, -0.15) is 0 Å². The summed E-state index contributed by atoms with van der Waals surface area (Å²) in [4.78, 5) is 2.37. The second-order valence-corrected chi connectivity index (χ2v) is 12.5. The number of furan rings is 1. The van der Waals surface area contributed by atoms with Crippen LogP contribution in [0.5, 0.6) is 0 Å². The predicted octanol–water partition coefficient (Wildman–Crippen LogP) is 13.3. The van der Waals surface area contributed by atoms with Crippen LogP contribution in [0.15, 0.2) is 180 Å². The molecule has 2 heteroatoms. The molecule has 0 amide bonds. The highest BCUT2D eigenvalue weighted by molar-refractivity contribution is 6.24. The number of hydrogen-bond acceptors (Lipinski definition) is 2. The van der Waals surface area contributed by atoms with Gasteiger partial charge in [-0.1, -0.05) is 140 Å². The van der Waals surface area contributed by atoms with Gasteiger partial charge in [0, 0.05) is 22.1 Å². The fourth-order valence-corrected chi connectivity index (χ4v) is 7.57. The van der Waals surface area contributed by atoms with Crippen LogP contribution in [0.3, 0.4) is 0 Å². The molecule has 10 rings (SSSR count). The fourth-order valence-electron chi connectivity index (χ4n) is 7.57. The molecule has 9 aromatic carbocycles. The van der Waals surface area contributed by atoms with Crippen LogP contribution in [0.25, 0.3) is 76.2 Å². The van der Waals surface area contributed by atoms with E-state index in [1.54, 1.807) is 0 Å². The normalized spacial score (nSPS) is 11.8. The molecule has 0 radical (unpaired) electrons. The highest BCUT2D eigenvalue weighted by atomic mass is 16.3. The summed E-state index contributed by atoms with van der Waals surface area (Å²) >= 11 is 0. The molecule has 2 nitrogen and oxygen atoms in total. The van der Waals surface area contributed by atoms with E-state index >= 15 is 0 Å². The average molecular weight is 612 g/mol. The van der Waals surface area contributed by atoms with Crippen molar-refractivity contribution in [3.8, 4) is 11.1 Å². The van der Waals surface area contributed by atoms with Crippen molar-refractivity contribution >= 4 is 82.1 Å². The smallest absolute Gasteiger partial charge is 0.160 e. The Balaban J connectivity index is 1.28. The van der Waals surface area contributed by atoms with E-state index in [0.29, 0.717) is 0 Å². The first-order valence-electron chi connectivity index (χ1n) is 16.4. The first kappa shape index (κ1) is 26.8. The monoisotopic (exact) mass is 611 g/mol. The molecule has 0 fully saturated rings. The topological polar surface area (TPSA) is 16.4 Å². The van der Waals surface area contributed by atoms with Crippen LogP contribution < -0.4 is 4.90 Å². The van der Waals surface area contributed by atoms with Gasteiger partial charge in [-0.25, -0.2) is 0 Å². The van der Waals surface area contributed by atoms with Crippen molar-refractivity contribution in [1.29, 1.82) is 0 Å². The van der Waals surface area contributed by atoms with Gasteiger partial charge < -0.3 is 9.32 Å². The highest BCUT2D eigenvalue weighted by Gasteiger charge is 2.22.